The van der Waals surface area contributed by atoms with Crippen molar-refractivity contribution in [3.63, 3.8) is 0 Å². The van der Waals surface area contributed by atoms with Gasteiger partial charge in [0, 0.05) is 19.4 Å². The molecule has 0 spiro atoms. The van der Waals surface area contributed by atoms with Gasteiger partial charge in [-0.05, 0) is 55.9 Å². The van der Waals surface area contributed by atoms with Crippen LogP contribution in [0, 0.1) is 12.7 Å². The number of Topliss-reactive ketones (excluding diaryl/α,β-unsaturated/α-hetero) is 1. The van der Waals surface area contributed by atoms with Crippen molar-refractivity contribution in [3.05, 3.63) is 35.1 Å². The third-order valence-electron chi connectivity index (χ3n) is 3.72. The van der Waals surface area contributed by atoms with E-state index < -0.39 is 0 Å². The molecule has 1 aromatic rings. The molecule has 0 aliphatic carbocycles. The van der Waals surface area contributed by atoms with E-state index in [0.29, 0.717) is 12.8 Å². The average Bonchev–Trinajstić information content (AvgIpc) is 2.42. The van der Waals surface area contributed by atoms with Gasteiger partial charge in [0.2, 0.25) is 0 Å². The lowest BCUT2D eigenvalue weighted by molar-refractivity contribution is -0.119. The number of carbonyl (C=O) groups is 1. The number of halogens is 1. The Kier molecular flexibility index (Phi) is 5.08. The Morgan fingerprint density at radius 1 is 1.42 bits per heavy atom. The first-order valence-electron chi connectivity index (χ1n) is 7.03. The second-order valence-corrected chi connectivity index (χ2v) is 5.31. The molecule has 104 valence electrons. The van der Waals surface area contributed by atoms with Crippen LogP contribution in [0.15, 0.2) is 18.2 Å². The van der Waals surface area contributed by atoms with Gasteiger partial charge >= 0.3 is 0 Å². The van der Waals surface area contributed by atoms with Crippen LogP contribution in [-0.4, -0.2) is 18.5 Å². The molecule has 1 aliphatic rings. The van der Waals surface area contributed by atoms with Crippen molar-refractivity contribution >= 4 is 5.78 Å². The van der Waals surface area contributed by atoms with Crippen LogP contribution in [0.5, 0.6) is 0 Å². The summed E-state index contributed by atoms with van der Waals surface area (Å²) in [4.78, 5) is 11.9. The van der Waals surface area contributed by atoms with Crippen LogP contribution in [0.1, 0.15) is 43.2 Å². The highest BCUT2D eigenvalue weighted by Crippen LogP contribution is 2.18. The molecular weight excluding hydrogens is 243 g/mol. The molecule has 0 amide bonds. The predicted molar refractivity (Wildman–Crippen MR) is 72.7 cm³/mol. The van der Waals surface area contributed by atoms with Crippen molar-refractivity contribution in [1.82, 2.24) is 0 Å². The van der Waals surface area contributed by atoms with Gasteiger partial charge in [-0.1, -0.05) is 6.07 Å². The standard InChI is InChI=1S/C16H21FO2/c1-12-5-6-14(17)10-13(12)11-15(18)7-8-16-4-2-3-9-19-16/h5-6,10,16H,2-4,7-9,11H2,1H3. The number of carbonyl (C=O) groups excluding carboxylic acids is 1. The third-order valence-corrected chi connectivity index (χ3v) is 3.72. The smallest absolute Gasteiger partial charge is 0.137 e. The van der Waals surface area contributed by atoms with Crippen LogP contribution in [0.4, 0.5) is 4.39 Å². The Bertz CT molecular complexity index is 436. The molecule has 1 heterocycles. The maximum Gasteiger partial charge on any atom is 0.137 e. The van der Waals surface area contributed by atoms with E-state index >= 15 is 0 Å². The van der Waals surface area contributed by atoms with Crippen LogP contribution in [0.2, 0.25) is 0 Å². The van der Waals surface area contributed by atoms with Gasteiger partial charge in [-0.3, -0.25) is 4.79 Å². The summed E-state index contributed by atoms with van der Waals surface area (Å²) in [5.74, 6) is -0.105. The maximum atomic E-state index is 13.1. The number of rotatable bonds is 5. The molecule has 1 unspecified atom stereocenters. The molecule has 2 rings (SSSR count). The van der Waals surface area contributed by atoms with E-state index in [-0.39, 0.29) is 17.7 Å². The minimum absolute atomic E-state index is 0.169. The van der Waals surface area contributed by atoms with E-state index in [2.05, 4.69) is 0 Å². The Morgan fingerprint density at radius 3 is 3.00 bits per heavy atom. The zero-order valence-electron chi connectivity index (χ0n) is 11.5. The molecule has 1 aromatic carbocycles. The number of hydrogen-bond donors (Lipinski definition) is 0. The van der Waals surface area contributed by atoms with Gasteiger partial charge in [-0.15, -0.1) is 0 Å². The highest BCUT2D eigenvalue weighted by atomic mass is 19.1. The van der Waals surface area contributed by atoms with Gasteiger partial charge in [0.25, 0.3) is 0 Å². The first kappa shape index (κ1) is 14.2. The summed E-state index contributed by atoms with van der Waals surface area (Å²) in [5.41, 5.74) is 1.78. The normalized spacial score (nSPS) is 19.4. The van der Waals surface area contributed by atoms with E-state index in [1.807, 2.05) is 6.92 Å². The fourth-order valence-electron chi connectivity index (χ4n) is 2.49. The zero-order chi connectivity index (χ0) is 13.7. The molecule has 2 nitrogen and oxygen atoms in total. The van der Waals surface area contributed by atoms with Gasteiger partial charge in [0.05, 0.1) is 6.10 Å². The summed E-state index contributed by atoms with van der Waals surface area (Å²) >= 11 is 0. The second kappa shape index (κ2) is 6.80. The zero-order valence-corrected chi connectivity index (χ0v) is 11.5. The van der Waals surface area contributed by atoms with Crippen LogP contribution in [0.25, 0.3) is 0 Å². The van der Waals surface area contributed by atoms with Gasteiger partial charge < -0.3 is 4.74 Å². The minimum atomic E-state index is -0.274. The molecule has 1 saturated heterocycles. The molecule has 3 heteroatoms. The Morgan fingerprint density at radius 2 is 2.26 bits per heavy atom. The average molecular weight is 264 g/mol. The number of hydrogen-bond acceptors (Lipinski definition) is 2. The van der Waals surface area contributed by atoms with Crippen LogP contribution < -0.4 is 0 Å². The fraction of sp³-hybridized carbons (Fsp3) is 0.562. The van der Waals surface area contributed by atoms with Gasteiger partial charge in [0.1, 0.15) is 11.6 Å². The molecule has 1 atom stereocenters. The molecule has 19 heavy (non-hydrogen) atoms. The Labute approximate surface area is 114 Å². The Hall–Kier alpha value is -1.22. The summed E-state index contributed by atoms with van der Waals surface area (Å²) < 4.78 is 18.8. The third kappa shape index (κ3) is 4.43. The number of ether oxygens (including phenoxy) is 1. The van der Waals surface area contributed by atoms with E-state index in [4.69, 9.17) is 4.74 Å². The summed E-state index contributed by atoms with van der Waals surface area (Å²) in [6.07, 6.45) is 5.29. The molecule has 0 bridgehead atoms. The molecule has 1 fully saturated rings. The van der Waals surface area contributed by atoms with Crippen molar-refractivity contribution in [2.24, 2.45) is 0 Å². The van der Waals surface area contributed by atoms with Gasteiger partial charge in [-0.2, -0.15) is 0 Å². The van der Waals surface area contributed by atoms with E-state index in [0.717, 1.165) is 37.0 Å². The number of benzene rings is 1. The minimum Gasteiger partial charge on any atom is -0.378 e. The van der Waals surface area contributed by atoms with Crippen LogP contribution >= 0.6 is 0 Å². The van der Waals surface area contributed by atoms with Crippen molar-refractivity contribution in [2.75, 3.05) is 6.61 Å². The lowest BCUT2D eigenvalue weighted by Gasteiger charge is -2.22. The van der Waals surface area contributed by atoms with Crippen molar-refractivity contribution < 1.29 is 13.9 Å². The molecular formula is C16H21FO2. The van der Waals surface area contributed by atoms with Gasteiger partial charge in [0.15, 0.2) is 0 Å². The highest BCUT2D eigenvalue weighted by Gasteiger charge is 2.15. The molecule has 0 N–H and O–H groups in total. The van der Waals surface area contributed by atoms with Crippen LogP contribution in [0.3, 0.4) is 0 Å². The van der Waals surface area contributed by atoms with Crippen molar-refractivity contribution in [3.8, 4) is 0 Å². The van der Waals surface area contributed by atoms with Gasteiger partial charge in [-0.25, -0.2) is 4.39 Å². The molecule has 0 saturated carbocycles. The lowest BCUT2D eigenvalue weighted by atomic mass is 9.98. The SMILES string of the molecule is Cc1ccc(F)cc1CC(=O)CCC1CCCCO1. The molecule has 0 aromatic heterocycles. The highest BCUT2D eigenvalue weighted by molar-refractivity contribution is 5.81. The van der Waals surface area contributed by atoms with Crippen molar-refractivity contribution in [1.29, 1.82) is 0 Å². The second-order valence-electron chi connectivity index (χ2n) is 5.31. The van der Waals surface area contributed by atoms with E-state index in [1.165, 1.54) is 18.6 Å². The first-order valence-corrected chi connectivity index (χ1v) is 7.03. The largest absolute Gasteiger partial charge is 0.378 e. The molecule has 1 aliphatic heterocycles. The lowest BCUT2D eigenvalue weighted by Crippen LogP contribution is -2.20. The first-order chi connectivity index (χ1) is 9.15. The monoisotopic (exact) mass is 264 g/mol. The molecule has 0 radical (unpaired) electrons. The predicted octanol–water partition coefficient (Wildman–Crippen LogP) is 3.60. The van der Waals surface area contributed by atoms with Crippen LogP contribution in [-0.2, 0) is 16.0 Å². The summed E-state index contributed by atoms with van der Waals surface area (Å²) in [5, 5.41) is 0. The van der Waals surface area contributed by atoms with Crippen molar-refractivity contribution in [2.45, 2.75) is 51.6 Å². The number of aryl methyl sites for hydroxylation is 1. The van der Waals surface area contributed by atoms with E-state index in [1.54, 1.807) is 6.07 Å². The quantitative estimate of drug-likeness (QED) is 0.812. The topological polar surface area (TPSA) is 26.3 Å². The summed E-state index contributed by atoms with van der Waals surface area (Å²) in [7, 11) is 0. The number of ketones is 1. The fourth-order valence-corrected chi connectivity index (χ4v) is 2.49. The summed E-state index contributed by atoms with van der Waals surface area (Å²) in [6, 6.07) is 4.62. The summed E-state index contributed by atoms with van der Waals surface area (Å²) in [6.45, 7) is 2.73. The maximum absolute atomic E-state index is 13.1. The van der Waals surface area contributed by atoms with E-state index in [9.17, 15) is 9.18 Å². The Balaban J connectivity index is 1.81.